The van der Waals surface area contributed by atoms with Gasteiger partial charge in [0.05, 0.1) is 11.2 Å². The van der Waals surface area contributed by atoms with Gasteiger partial charge >= 0.3 is 0 Å². The standard InChI is InChI=1S/C56H48N2O2P2/c1-4-5-10-19-46-40-58-55-37-33-44(41(2)28-29-42(3)61(59,47-20-11-6-12-21-47)48-22-13-7-14-23-48)38-53(55)52-36-32-45(39-54(52)56(58)57-46)43-30-34-51(35-31-43)62(60,49-24-15-8-16-25-49)50-26-17-9-18-27-50/h4-9,11-18,20-40H,10,19H2,1-3H3/b5-4-,41-28+,42-29+. The van der Waals surface area contributed by atoms with E-state index in [9.17, 15) is 4.57 Å². The SMILES string of the molecule is C/C=C\CCc1cn2c3ccc(/C(C)=C/C=C(\C)P(=O)(c4ccccc4)c4ccccc4)cc3c3ccc(-c4ccc(P(=O)(c5ccccc5)c5ccccc5)cc4)cc3c2n1. The summed E-state index contributed by atoms with van der Waals surface area (Å²) in [6, 6.07) is 60.8. The van der Waals surface area contributed by atoms with Crippen LogP contribution in [0.25, 0.3) is 44.0 Å². The molecular formula is C56H48N2O2P2. The van der Waals surface area contributed by atoms with Crippen molar-refractivity contribution in [3.63, 3.8) is 0 Å². The lowest BCUT2D eigenvalue weighted by atomic mass is 9.97. The number of imidazole rings is 1. The van der Waals surface area contributed by atoms with Crippen LogP contribution in [-0.2, 0) is 15.6 Å². The van der Waals surface area contributed by atoms with Gasteiger partial charge in [0.15, 0.2) is 14.3 Å². The van der Waals surface area contributed by atoms with Crippen molar-refractivity contribution in [2.24, 2.45) is 0 Å². The van der Waals surface area contributed by atoms with Crippen LogP contribution in [0.2, 0.25) is 0 Å². The fourth-order valence-corrected chi connectivity index (χ4v) is 13.8. The lowest BCUT2D eigenvalue weighted by molar-refractivity contribution is 0.590. The van der Waals surface area contributed by atoms with Crippen molar-refractivity contribution >= 4 is 73.7 Å². The first-order valence-corrected chi connectivity index (χ1v) is 24.6. The van der Waals surface area contributed by atoms with Crippen molar-refractivity contribution in [1.29, 1.82) is 0 Å². The Morgan fingerprint density at radius 1 is 0.565 bits per heavy atom. The molecule has 0 aliphatic heterocycles. The fourth-order valence-electron chi connectivity index (χ4n) is 8.54. The van der Waals surface area contributed by atoms with Crippen molar-refractivity contribution in [1.82, 2.24) is 9.38 Å². The van der Waals surface area contributed by atoms with Gasteiger partial charge in [-0.1, -0.05) is 188 Å². The molecule has 62 heavy (non-hydrogen) atoms. The van der Waals surface area contributed by atoms with Crippen molar-refractivity contribution in [3.05, 3.63) is 229 Å². The highest BCUT2D eigenvalue weighted by Crippen LogP contribution is 2.51. The molecule has 2 heterocycles. The van der Waals surface area contributed by atoms with Gasteiger partial charge in [-0.15, -0.1) is 0 Å². The highest BCUT2D eigenvalue weighted by Gasteiger charge is 2.30. The van der Waals surface area contributed by atoms with Crippen LogP contribution in [0.3, 0.4) is 0 Å². The minimum absolute atomic E-state index is 0.802. The van der Waals surface area contributed by atoms with Crippen LogP contribution in [0.1, 0.15) is 38.4 Å². The highest BCUT2D eigenvalue weighted by atomic mass is 31.2. The Hall–Kier alpha value is -6.57. The summed E-state index contributed by atoms with van der Waals surface area (Å²) in [7, 11) is -6.15. The second kappa shape index (κ2) is 17.4. The molecule has 0 saturated carbocycles. The van der Waals surface area contributed by atoms with E-state index in [0.29, 0.717) is 0 Å². The molecule has 0 unspecified atom stereocenters. The van der Waals surface area contributed by atoms with Gasteiger partial charge in [0.1, 0.15) is 5.65 Å². The molecule has 0 radical (unpaired) electrons. The lowest BCUT2D eigenvalue weighted by Gasteiger charge is -2.20. The van der Waals surface area contributed by atoms with Crippen LogP contribution in [0.5, 0.6) is 0 Å². The maximum Gasteiger partial charge on any atom is 0.171 e. The molecule has 0 atom stereocenters. The van der Waals surface area contributed by atoms with Crippen LogP contribution >= 0.6 is 14.3 Å². The molecule has 9 aromatic rings. The van der Waals surface area contributed by atoms with Crippen molar-refractivity contribution in [2.45, 2.75) is 33.6 Å². The third kappa shape index (κ3) is 7.55. The second-order valence-corrected chi connectivity index (χ2v) is 21.5. The number of aryl methyl sites for hydroxylation is 1. The number of fused-ring (bicyclic) bond motifs is 6. The van der Waals surface area contributed by atoms with E-state index in [2.05, 4.69) is 91.2 Å². The smallest absolute Gasteiger partial charge is 0.171 e. The molecule has 0 spiro atoms. The number of benzene rings is 7. The molecule has 0 saturated heterocycles. The Morgan fingerprint density at radius 2 is 1.11 bits per heavy atom. The number of rotatable bonds is 12. The van der Waals surface area contributed by atoms with Crippen molar-refractivity contribution < 1.29 is 9.13 Å². The van der Waals surface area contributed by atoms with E-state index >= 15 is 4.57 Å². The first-order chi connectivity index (χ1) is 30.3. The number of pyridine rings is 1. The topological polar surface area (TPSA) is 51.4 Å². The van der Waals surface area contributed by atoms with Gasteiger partial charge in [-0.3, -0.25) is 4.40 Å². The van der Waals surface area contributed by atoms with E-state index in [0.717, 1.165) is 100.0 Å². The van der Waals surface area contributed by atoms with Crippen LogP contribution < -0.4 is 26.5 Å². The largest absolute Gasteiger partial charge is 0.309 e. The third-order valence-electron chi connectivity index (χ3n) is 11.9. The summed E-state index contributed by atoms with van der Waals surface area (Å²) < 4.78 is 32.3. The Bertz CT molecular complexity index is 3160. The molecular weight excluding hydrogens is 795 g/mol. The highest BCUT2D eigenvalue weighted by molar-refractivity contribution is 7.85. The minimum Gasteiger partial charge on any atom is -0.309 e. The van der Waals surface area contributed by atoms with Gasteiger partial charge in [-0.25, -0.2) is 4.98 Å². The van der Waals surface area contributed by atoms with Gasteiger partial charge in [-0.2, -0.15) is 0 Å². The predicted octanol–water partition coefficient (Wildman–Crippen LogP) is 12.8. The van der Waals surface area contributed by atoms with E-state index < -0.39 is 14.3 Å². The summed E-state index contributed by atoms with van der Waals surface area (Å²) in [6.07, 6.45) is 12.4. The Kier molecular flexibility index (Phi) is 11.5. The molecule has 4 nitrogen and oxygen atoms in total. The number of hydrogen-bond donors (Lipinski definition) is 0. The van der Waals surface area contributed by atoms with Gasteiger partial charge in [-0.05, 0) is 84.8 Å². The maximum atomic E-state index is 15.1. The lowest BCUT2D eigenvalue weighted by Crippen LogP contribution is -2.24. The zero-order valence-electron chi connectivity index (χ0n) is 35.2. The van der Waals surface area contributed by atoms with E-state index in [1.54, 1.807) is 0 Å². The van der Waals surface area contributed by atoms with Crippen LogP contribution in [0.4, 0.5) is 0 Å². The third-order valence-corrected chi connectivity index (χ3v) is 18.2. The predicted molar refractivity (Wildman–Crippen MR) is 265 cm³/mol. The quantitative estimate of drug-likeness (QED) is 0.0533. The molecule has 0 aliphatic carbocycles. The van der Waals surface area contributed by atoms with E-state index in [1.807, 2.05) is 146 Å². The first-order valence-electron chi connectivity index (χ1n) is 21.2. The first kappa shape index (κ1) is 40.8. The van der Waals surface area contributed by atoms with Crippen LogP contribution in [0, 0.1) is 0 Å². The van der Waals surface area contributed by atoms with E-state index in [-0.39, 0.29) is 0 Å². The van der Waals surface area contributed by atoms with Gasteiger partial charge in [0, 0.05) is 43.5 Å². The Morgan fingerprint density at radius 3 is 1.69 bits per heavy atom. The molecule has 0 N–H and O–H groups in total. The normalized spacial score (nSPS) is 12.8. The average molecular weight is 843 g/mol. The molecule has 2 aromatic heterocycles. The Balaban J connectivity index is 1.14. The molecule has 0 bridgehead atoms. The van der Waals surface area contributed by atoms with Gasteiger partial charge in [0.25, 0.3) is 0 Å². The molecule has 0 aliphatic rings. The number of nitrogens with zero attached hydrogens (tertiary/aromatic N) is 2. The second-order valence-electron chi connectivity index (χ2n) is 15.8. The summed E-state index contributed by atoms with van der Waals surface area (Å²) in [6.45, 7) is 6.16. The summed E-state index contributed by atoms with van der Waals surface area (Å²) in [5.41, 5.74) is 7.33. The fraction of sp³-hybridized carbons (Fsp3) is 0.0893. The summed E-state index contributed by atoms with van der Waals surface area (Å²) >= 11 is 0. The minimum atomic E-state index is -3.10. The van der Waals surface area contributed by atoms with Gasteiger partial charge in [0.2, 0.25) is 0 Å². The number of allylic oxidation sites excluding steroid dienone is 6. The summed E-state index contributed by atoms with van der Waals surface area (Å²) in [4.78, 5) is 5.24. The molecule has 0 amide bonds. The number of aromatic nitrogens is 2. The zero-order chi connectivity index (χ0) is 42.7. The summed E-state index contributed by atoms with van der Waals surface area (Å²) in [5, 5.41) is 8.23. The molecule has 0 fully saturated rings. The molecule has 7 aromatic carbocycles. The maximum absolute atomic E-state index is 15.1. The molecule has 9 rings (SSSR count). The Labute approximate surface area is 364 Å². The van der Waals surface area contributed by atoms with Crippen molar-refractivity contribution in [3.8, 4) is 11.1 Å². The zero-order valence-corrected chi connectivity index (χ0v) is 37.0. The molecule has 304 valence electrons. The number of hydrogen-bond acceptors (Lipinski definition) is 3. The molecule has 6 heteroatoms. The van der Waals surface area contributed by atoms with Crippen LogP contribution in [0.15, 0.2) is 218 Å². The summed E-state index contributed by atoms with van der Waals surface area (Å²) in [5.74, 6) is 0. The van der Waals surface area contributed by atoms with E-state index in [1.165, 1.54) is 0 Å². The average Bonchev–Trinajstić information content (AvgIpc) is 3.78. The van der Waals surface area contributed by atoms with Crippen molar-refractivity contribution in [2.75, 3.05) is 0 Å². The van der Waals surface area contributed by atoms with Gasteiger partial charge < -0.3 is 9.13 Å². The van der Waals surface area contributed by atoms with Crippen LogP contribution in [-0.4, -0.2) is 9.38 Å². The monoisotopic (exact) mass is 842 g/mol. The van der Waals surface area contributed by atoms with E-state index in [4.69, 9.17) is 4.98 Å².